The smallest absolute Gasteiger partial charge is 0.332 e. The molecule has 5 heteroatoms. The minimum Gasteiger partial charge on any atom is -0.479 e. The van der Waals surface area contributed by atoms with E-state index in [0.717, 1.165) is 0 Å². The summed E-state index contributed by atoms with van der Waals surface area (Å²) in [5.74, 6) is -1.60. The summed E-state index contributed by atoms with van der Waals surface area (Å²) in [6.07, 6.45) is 2.40. The van der Waals surface area contributed by atoms with E-state index in [0.29, 0.717) is 5.70 Å². The van der Waals surface area contributed by atoms with Crippen LogP contribution in [0.15, 0.2) is 24.4 Å². The number of methoxy groups -OCH3 is 1. The third kappa shape index (κ3) is 4.30. The Morgan fingerprint density at radius 1 is 1.57 bits per heavy atom. The minimum atomic E-state index is -1.06. The number of nitrogens with one attached hydrogen (secondary N) is 1. The van der Waals surface area contributed by atoms with Gasteiger partial charge in [-0.1, -0.05) is 6.08 Å². The Morgan fingerprint density at radius 2 is 2.14 bits per heavy atom. The molecule has 1 atom stereocenters. The molecule has 0 fully saturated rings. The molecule has 0 aromatic rings. The molecule has 0 radical (unpaired) electrons. The van der Waals surface area contributed by atoms with Crippen molar-refractivity contribution in [2.24, 2.45) is 0 Å². The lowest BCUT2D eigenvalue weighted by atomic mass is 10.3. The molecule has 0 spiro atoms. The first-order valence-electron chi connectivity index (χ1n) is 3.89. The van der Waals surface area contributed by atoms with E-state index in [1.807, 2.05) is 0 Å². The number of carbonyl (C=O) groups excluding carboxylic acids is 1. The zero-order chi connectivity index (χ0) is 11.1. The first kappa shape index (κ1) is 12.2. The summed E-state index contributed by atoms with van der Waals surface area (Å²) in [7, 11) is 1.24. The van der Waals surface area contributed by atoms with Crippen molar-refractivity contribution in [3.63, 3.8) is 0 Å². The van der Waals surface area contributed by atoms with Gasteiger partial charge >= 0.3 is 11.9 Å². The number of aliphatic carboxylic acids is 1. The molecule has 0 rings (SSSR count). The second-order valence-corrected chi connectivity index (χ2v) is 2.55. The van der Waals surface area contributed by atoms with Crippen LogP contribution in [0.1, 0.15) is 6.92 Å². The molecule has 0 saturated carbocycles. The molecular weight excluding hydrogens is 186 g/mol. The van der Waals surface area contributed by atoms with Gasteiger partial charge in [0.2, 0.25) is 0 Å². The summed E-state index contributed by atoms with van der Waals surface area (Å²) < 4.78 is 4.37. The van der Waals surface area contributed by atoms with Crippen molar-refractivity contribution < 1.29 is 19.4 Å². The number of esters is 1. The van der Waals surface area contributed by atoms with E-state index in [2.05, 4.69) is 16.6 Å². The molecule has 5 nitrogen and oxygen atoms in total. The van der Waals surface area contributed by atoms with Gasteiger partial charge in [-0.15, -0.1) is 6.58 Å². The molecular formula is C9H13NO4. The second kappa shape index (κ2) is 5.80. The summed E-state index contributed by atoms with van der Waals surface area (Å²) in [5.41, 5.74) is 0.407. The van der Waals surface area contributed by atoms with E-state index in [4.69, 9.17) is 5.11 Å². The van der Waals surface area contributed by atoms with Crippen LogP contribution in [0.5, 0.6) is 0 Å². The van der Waals surface area contributed by atoms with Crippen molar-refractivity contribution in [3.05, 3.63) is 24.4 Å². The number of carboxylic acids is 1. The molecule has 0 aromatic carbocycles. The Bertz CT molecular complexity index is 270. The lowest BCUT2D eigenvalue weighted by molar-refractivity contribution is -0.138. The maximum absolute atomic E-state index is 10.8. The van der Waals surface area contributed by atoms with Gasteiger partial charge in [0.15, 0.2) is 0 Å². The summed E-state index contributed by atoms with van der Waals surface area (Å²) in [6.45, 7) is 4.91. The average molecular weight is 199 g/mol. The number of hydrogen-bond donors (Lipinski definition) is 2. The standard InChI is InChI=1S/C9H13NO4/c1-4-7(9(12)13)10-6(2)5-8(11)14-3/h4-5,7,10H,1H2,2-3H3,(H,12,13)/b6-5-. The first-order chi connectivity index (χ1) is 6.51. The normalized spacial score (nSPS) is 12.9. The van der Waals surface area contributed by atoms with Gasteiger partial charge in [-0.2, -0.15) is 0 Å². The zero-order valence-corrected chi connectivity index (χ0v) is 8.11. The van der Waals surface area contributed by atoms with Crippen LogP contribution in [0.25, 0.3) is 0 Å². The van der Waals surface area contributed by atoms with Crippen molar-refractivity contribution in [2.75, 3.05) is 7.11 Å². The molecule has 78 valence electrons. The molecule has 0 amide bonds. The quantitative estimate of drug-likeness (QED) is 0.378. The van der Waals surface area contributed by atoms with Crippen molar-refractivity contribution in [2.45, 2.75) is 13.0 Å². The topological polar surface area (TPSA) is 75.6 Å². The zero-order valence-electron chi connectivity index (χ0n) is 8.11. The van der Waals surface area contributed by atoms with Crippen molar-refractivity contribution in [3.8, 4) is 0 Å². The van der Waals surface area contributed by atoms with E-state index in [1.54, 1.807) is 6.92 Å². The number of allylic oxidation sites excluding steroid dienone is 1. The molecule has 14 heavy (non-hydrogen) atoms. The predicted octanol–water partition coefficient (Wildman–Crippen LogP) is 0.292. The molecule has 0 aliphatic heterocycles. The van der Waals surface area contributed by atoms with Crippen LogP contribution in [0.2, 0.25) is 0 Å². The minimum absolute atomic E-state index is 0.407. The largest absolute Gasteiger partial charge is 0.479 e. The first-order valence-corrected chi connectivity index (χ1v) is 3.89. The molecule has 0 aliphatic carbocycles. The number of carbonyl (C=O) groups is 2. The summed E-state index contributed by atoms with van der Waals surface area (Å²) >= 11 is 0. The van der Waals surface area contributed by atoms with Gasteiger partial charge < -0.3 is 15.2 Å². The van der Waals surface area contributed by atoms with E-state index in [-0.39, 0.29) is 0 Å². The lowest BCUT2D eigenvalue weighted by Crippen LogP contribution is -2.33. The van der Waals surface area contributed by atoms with E-state index < -0.39 is 18.0 Å². The van der Waals surface area contributed by atoms with E-state index >= 15 is 0 Å². The molecule has 0 aliphatic rings. The Kier molecular flexibility index (Phi) is 5.06. The van der Waals surface area contributed by atoms with Gasteiger partial charge in [-0.05, 0) is 6.92 Å². The fourth-order valence-electron chi connectivity index (χ4n) is 0.744. The molecule has 0 bridgehead atoms. The Balaban J connectivity index is 4.35. The third-order valence-electron chi connectivity index (χ3n) is 1.42. The maximum Gasteiger partial charge on any atom is 0.332 e. The molecule has 0 saturated heterocycles. The Morgan fingerprint density at radius 3 is 2.50 bits per heavy atom. The summed E-state index contributed by atoms with van der Waals surface area (Å²) in [4.78, 5) is 21.3. The Labute approximate surface area is 82.1 Å². The van der Waals surface area contributed by atoms with Gasteiger partial charge in [0, 0.05) is 11.8 Å². The molecule has 2 N–H and O–H groups in total. The van der Waals surface area contributed by atoms with Crippen LogP contribution in [-0.2, 0) is 14.3 Å². The maximum atomic E-state index is 10.8. The van der Waals surface area contributed by atoms with Gasteiger partial charge in [0.25, 0.3) is 0 Å². The van der Waals surface area contributed by atoms with Crippen LogP contribution in [-0.4, -0.2) is 30.2 Å². The highest BCUT2D eigenvalue weighted by Crippen LogP contribution is 1.94. The van der Waals surface area contributed by atoms with Crippen molar-refractivity contribution >= 4 is 11.9 Å². The van der Waals surface area contributed by atoms with E-state index in [1.165, 1.54) is 19.3 Å². The highest BCUT2D eigenvalue weighted by atomic mass is 16.5. The van der Waals surface area contributed by atoms with Crippen LogP contribution in [0.4, 0.5) is 0 Å². The number of ether oxygens (including phenoxy) is 1. The average Bonchev–Trinajstić information content (AvgIpc) is 2.13. The SMILES string of the molecule is C=CC(N/C(C)=C\C(=O)OC)C(=O)O. The van der Waals surface area contributed by atoms with E-state index in [9.17, 15) is 9.59 Å². The number of carboxylic acid groups (broad SMARTS) is 1. The number of hydrogen-bond acceptors (Lipinski definition) is 4. The van der Waals surface area contributed by atoms with Gasteiger partial charge in [-0.3, -0.25) is 0 Å². The van der Waals surface area contributed by atoms with Crippen LogP contribution in [0, 0.1) is 0 Å². The number of rotatable bonds is 5. The molecule has 1 unspecified atom stereocenters. The fourth-order valence-corrected chi connectivity index (χ4v) is 0.744. The van der Waals surface area contributed by atoms with Gasteiger partial charge in [0.05, 0.1) is 7.11 Å². The predicted molar refractivity (Wildman–Crippen MR) is 50.5 cm³/mol. The monoisotopic (exact) mass is 199 g/mol. The lowest BCUT2D eigenvalue weighted by Gasteiger charge is -2.10. The van der Waals surface area contributed by atoms with Crippen LogP contribution in [0.3, 0.4) is 0 Å². The molecule has 0 aromatic heterocycles. The fraction of sp³-hybridized carbons (Fsp3) is 0.333. The van der Waals surface area contributed by atoms with Gasteiger partial charge in [-0.25, -0.2) is 9.59 Å². The van der Waals surface area contributed by atoms with Crippen molar-refractivity contribution in [1.29, 1.82) is 0 Å². The highest BCUT2D eigenvalue weighted by molar-refractivity contribution is 5.83. The van der Waals surface area contributed by atoms with Crippen molar-refractivity contribution in [1.82, 2.24) is 5.32 Å². The highest BCUT2D eigenvalue weighted by Gasteiger charge is 2.12. The second-order valence-electron chi connectivity index (χ2n) is 2.55. The summed E-state index contributed by atoms with van der Waals surface area (Å²) in [5, 5.41) is 11.2. The van der Waals surface area contributed by atoms with Gasteiger partial charge in [0.1, 0.15) is 6.04 Å². The third-order valence-corrected chi connectivity index (χ3v) is 1.42. The van der Waals surface area contributed by atoms with Crippen LogP contribution < -0.4 is 5.32 Å². The molecule has 0 heterocycles. The Hall–Kier alpha value is -1.78. The summed E-state index contributed by atoms with van der Waals surface area (Å²) in [6, 6.07) is -0.907. The van der Waals surface area contributed by atoms with Crippen LogP contribution >= 0.6 is 0 Å².